The van der Waals surface area contributed by atoms with Crippen molar-refractivity contribution in [3.8, 4) is 5.75 Å². The van der Waals surface area contributed by atoms with E-state index in [2.05, 4.69) is 10.6 Å². The van der Waals surface area contributed by atoms with Crippen LogP contribution in [-0.4, -0.2) is 30.5 Å². The van der Waals surface area contributed by atoms with E-state index in [0.29, 0.717) is 17.0 Å². The Labute approximate surface area is 131 Å². The van der Waals surface area contributed by atoms with E-state index in [1.165, 1.54) is 0 Å². The van der Waals surface area contributed by atoms with Gasteiger partial charge in [0.05, 0.1) is 5.69 Å². The maximum Gasteiger partial charge on any atom is 0.258 e. The largest absolute Gasteiger partial charge is 0.482 e. The van der Waals surface area contributed by atoms with Crippen LogP contribution in [0.3, 0.4) is 0 Å². The Hall–Kier alpha value is -2.24. The zero-order valence-corrected chi connectivity index (χ0v) is 13.6. The summed E-state index contributed by atoms with van der Waals surface area (Å²) in [5.41, 5.74) is 6.65. The molecule has 122 valence electrons. The highest BCUT2D eigenvalue weighted by molar-refractivity contribution is 5.95. The molecule has 22 heavy (non-hydrogen) atoms. The summed E-state index contributed by atoms with van der Waals surface area (Å²) in [7, 11) is 0. The van der Waals surface area contributed by atoms with Crippen LogP contribution in [0.4, 0.5) is 5.69 Å². The van der Waals surface area contributed by atoms with E-state index in [4.69, 9.17) is 10.5 Å². The van der Waals surface area contributed by atoms with E-state index in [1.54, 1.807) is 18.2 Å². The number of carbonyl (C=O) groups excluding carboxylic acids is 2. The number of hydrogen-bond acceptors (Lipinski definition) is 4. The number of rotatable bonds is 7. The highest BCUT2D eigenvalue weighted by Crippen LogP contribution is 2.22. The smallest absolute Gasteiger partial charge is 0.258 e. The number of ether oxygens (including phenoxy) is 1. The second-order valence-electron chi connectivity index (χ2n) is 5.55. The molecule has 4 N–H and O–H groups in total. The van der Waals surface area contributed by atoms with Gasteiger partial charge >= 0.3 is 0 Å². The molecule has 1 unspecified atom stereocenters. The second kappa shape index (κ2) is 8.26. The van der Waals surface area contributed by atoms with Crippen LogP contribution < -0.4 is 21.1 Å². The Bertz CT molecular complexity index is 529. The van der Waals surface area contributed by atoms with Crippen molar-refractivity contribution < 1.29 is 14.3 Å². The number of hydrogen-bond donors (Lipinski definition) is 3. The van der Waals surface area contributed by atoms with Crippen LogP contribution in [0.25, 0.3) is 0 Å². The fraction of sp³-hybridized carbons (Fsp3) is 0.500. The van der Waals surface area contributed by atoms with Gasteiger partial charge in [0.15, 0.2) is 6.61 Å². The summed E-state index contributed by atoms with van der Waals surface area (Å²) in [4.78, 5) is 23.5. The molecule has 0 fully saturated rings. The summed E-state index contributed by atoms with van der Waals surface area (Å²) in [5, 5.41) is 5.59. The lowest BCUT2D eigenvalue weighted by Crippen LogP contribution is -2.35. The van der Waals surface area contributed by atoms with Crippen molar-refractivity contribution in [2.45, 2.75) is 46.2 Å². The number of amides is 2. The average molecular weight is 307 g/mol. The monoisotopic (exact) mass is 307 g/mol. The lowest BCUT2D eigenvalue weighted by Gasteiger charge is -2.14. The quantitative estimate of drug-likeness (QED) is 0.668. The molecule has 1 atom stereocenters. The number of anilines is 1. The van der Waals surface area contributed by atoms with E-state index in [1.807, 2.05) is 27.7 Å². The van der Waals surface area contributed by atoms with Gasteiger partial charge in [-0.25, -0.2) is 0 Å². The van der Waals surface area contributed by atoms with Crippen LogP contribution in [0.1, 0.15) is 44.5 Å². The van der Waals surface area contributed by atoms with Crippen LogP contribution in [0.2, 0.25) is 0 Å². The fourth-order valence-corrected chi connectivity index (χ4v) is 1.73. The highest BCUT2D eigenvalue weighted by Gasteiger charge is 2.11. The van der Waals surface area contributed by atoms with Crippen molar-refractivity contribution >= 4 is 17.5 Å². The molecule has 0 aromatic heterocycles. The van der Waals surface area contributed by atoms with E-state index in [0.717, 1.165) is 6.42 Å². The molecule has 0 spiro atoms. The molecule has 0 aliphatic carbocycles. The van der Waals surface area contributed by atoms with Crippen LogP contribution >= 0.6 is 0 Å². The van der Waals surface area contributed by atoms with Crippen molar-refractivity contribution in [1.29, 1.82) is 0 Å². The molecule has 0 heterocycles. The maximum atomic E-state index is 11.9. The molecule has 0 saturated heterocycles. The van der Waals surface area contributed by atoms with Crippen molar-refractivity contribution in [3.63, 3.8) is 0 Å². The molecular formula is C16H25N3O3. The number of nitrogens with one attached hydrogen (secondary N) is 2. The second-order valence-corrected chi connectivity index (χ2v) is 5.55. The minimum atomic E-state index is -0.199. The third-order valence-electron chi connectivity index (χ3n) is 3.07. The van der Waals surface area contributed by atoms with Gasteiger partial charge in [0, 0.05) is 17.6 Å². The summed E-state index contributed by atoms with van der Waals surface area (Å²) in [6.07, 6.45) is 0.855. The van der Waals surface area contributed by atoms with Gasteiger partial charge in [-0.2, -0.15) is 0 Å². The van der Waals surface area contributed by atoms with Gasteiger partial charge in [0.2, 0.25) is 0 Å². The topological polar surface area (TPSA) is 93.4 Å². The van der Waals surface area contributed by atoms with Crippen LogP contribution in [0, 0.1) is 0 Å². The first-order valence-corrected chi connectivity index (χ1v) is 7.46. The third kappa shape index (κ3) is 5.63. The predicted octanol–water partition coefficient (Wildman–Crippen LogP) is 1.70. The Morgan fingerprint density at radius 3 is 2.45 bits per heavy atom. The molecule has 0 aliphatic heterocycles. The van der Waals surface area contributed by atoms with E-state index in [-0.39, 0.29) is 30.5 Å². The minimum absolute atomic E-state index is 0.0499. The Balaban J connectivity index is 2.63. The lowest BCUT2D eigenvalue weighted by atomic mass is 10.1. The molecule has 1 aromatic carbocycles. The molecule has 6 nitrogen and oxygen atoms in total. The van der Waals surface area contributed by atoms with Gasteiger partial charge in [0.1, 0.15) is 5.75 Å². The van der Waals surface area contributed by atoms with E-state index >= 15 is 0 Å². The predicted molar refractivity (Wildman–Crippen MR) is 86.8 cm³/mol. The number of nitrogen functional groups attached to an aromatic ring is 1. The summed E-state index contributed by atoms with van der Waals surface area (Å²) in [5.74, 6) is -0.00135. The van der Waals surface area contributed by atoms with Gasteiger partial charge in [-0.05, 0) is 45.4 Å². The Morgan fingerprint density at radius 2 is 1.91 bits per heavy atom. The van der Waals surface area contributed by atoms with Gasteiger partial charge in [-0.1, -0.05) is 6.92 Å². The Kier molecular flexibility index (Phi) is 6.69. The van der Waals surface area contributed by atoms with Gasteiger partial charge in [-0.15, -0.1) is 0 Å². The molecule has 6 heteroatoms. The van der Waals surface area contributed by atoms with Crippen molar-refractivity contribution in [2.24, 2.45) is 0 Å². The van der Waals surface area contributed by atoms with Crippen molar-refractivity contribution in [3.05, 3.63) is 23.8 Å². The van der Waals surface area contributed by atoms with E-state index in [9.17, 15) is 9.59 Å². The lowest BCUT2D eigenvalue weighted by molar-refractivity contribution is -0.123. The molecule has 1 rings (SSSR count). The molecule has 1 aromatic rings. The first kappa shape index (κ1) is 17.8. The van der Waals surface area contributed by atoms with Crippen LogP contribution in [0.5, 0.6) is 5.75 Å². The molecule has 0 bridgehead atoms. The summed E-state index contributed by atoms with van der Waals surface area (Å²) >= 11 is 0. The normalized spacial score (nSPS) is 11.9. The van der Waals surface area contributed by atoms with E-state index < -0.39 is 0 Å². The summed E-state index contributed by atoms with van der Waals surface area (Å²) in [6.45, 7) is 7.58. The molecule has 0 saturated carbocycles. The maximum absolute atomic E-state index is 11.9. The standard InChI is InChI=1S/C16H25N3O3/c1-5-11(4)19-15(20)9-22-14-7-6-12(8-13(14)17)16(21)18-10(2)3/h6-8,10-11H,5,9,17H2,1-4H3,(H,18,21)(H,19,20). The highest BCUT2D eigenvalue weighted by atomic mass is 16.5. The van der Waals surface area contributed by atoms with Gasteiger partial charge in [-0.3, -0.25) is 9.59 Å². The average Bonchev–Trinajstić information content (AvgIpc) is 2.44. The fourth-order valence-electron chi connectivity index (χ4n) is 1.73. The van der Waals surface area contributed by atoms with Crippen LogP contribution in [0.15, 0.2) is 18.2 Å². The molecule has 0 radical (unpaired) electrons. The summed E-state index contributed by atoms with van der Waals surface area (Å²) in [6, 6.07) is 4.92. The number of nitrogens with two attached hydrogens (primary N) is 1. The number of carbonyl (C=O) groups is 2. The van der Waals surface area contributed by atoms with Gasteiger partial charge in [0.25, 0.3) is 11.8 Å². The minimum Gasteiger partial charge on any atom is -0.482 e. The van der Waals surface area contributed by atoms with Crippen molar-refractivity contribution in [1.82, 2.24) is 10.6 Å². The SMILES string of the molecule is CCC(C)NC(=O)COc1ccc(C(=O)NC(C)C)cc1N. The summed E-state index contributed by atoms with van der Waals surface area (Å²) < 4.78 is 5.39. The zero-order valence-electron chi connectivity index (χ0n) is 13.6. The molecular weight excluding hydrogens is 282 g/mol. The number of benzene rings is 1. The molecule has 2 amide bonds. The van der Waals surface area contributed by atoms with Gasteiger partial charge < -0.3 is 21.1 Å². The van der Waals surface area contributed by atoms with Crippen LogP contribution in [-0.2, 0) is 4.79 Å². The first-order valence-electron chi connectivity index (χ1n) is 7.46. The first-order chi connectivity index (χ1) is 10.3. The van der Waals surface area contributed by atoms with Crippen molar-refractivity contribution in [2.75, 3.05) is 12.3 Å². The Morgan fingerprint density at radius 1 is 1.23 bits per heavy atom. The zero-order chi connectivity index (χ0) is 16.7. The third-order valence-corrected chi connectivity index (χ3v) is 3.07. The molecule has 0 aliphatic rings.